The molecule has 2 heteroatoms. The van der Waals surface area contributed by atoms with Gasteiger partial charge in [-0.15, -0.1) is 0 Å². The summed E-state index contributed by atoms with van der Waals surface area (Å²) in [6.07, 6.45) is 7.11. The van der Waals surface area contributed by atoms with E-state index in [9.17, 15) is 4.79 Å². The molecular weight excluding hydrogens is 292 g/mol. The molecule has 2 atom stereocenters. The van der Waals surface area contributed by atoms with Crippen LogP contribution < -0.4 is 0 Å². The van der Waals surface area contributed by atoms with Crippen LogP contribution in [0.5, 0.6) is 0 Å². The van der Waals surface area contributed by atoms with Crippen molar-refractivity contribution in [1.82, 2.24) is 0 Å². The van der Waals surface area contributed by atoms with Crippen molar-refractivity contribution in [1.29, 1.82) is 0 Å². The Morgan fingerprint density at radius 1 is 1.09 bits per heavy atom. The number of hydrogen-bond donors (Lipinski definition) is 0. The second-order valence-electron chi connectivity index (χ2n) is 7.07. The lowest BCUT2D eigenvalue weighted by molar-refractivity contribution is -0.126. The maximum Gasteiger partial charge on any atom is 0.144 e. The van der Waals surface area contributed by atoms with Gasteiger partial charge >= 0.3 is 0 Å². The number of carbonyl (C=O) groups excluding carboxylic acids is 1. The first-order valence-electron chi connectivity index (χ1n) is 8.11. The van der Waals surface area contributed by atoms with Gasteiger partial charge in [-0.2, -0.15) is 0 Å². The molecule has 0 saturated heterocycles. The van der Waals surface area contributed by atoms with Gasteiger partial charge in [-0.05, 0) is 71.7 Å². The average molecular weight is 309 g/mol. The highest BCUT2D eigenvalue weighted by Gasteiger charge is 2.54. The average Bonchev–Trinajstić information content (AvgIpc) is 3.11. The molecule has 22 heavy (non-hydrogen) atoms. The fourth-order valence-corrected chi connectivity index (χ4v) is 5.20. The highest BCUT2D eigenvalue weighted by atomic mass is 35.5. The molecule has 2 unspecified atom stereocenters. The zero-order valence-corrected chi connectivity index (χ0v) is 13.1. The van der Waals surface area contributed by atoms with Crippen LogP contribution in [0.25, 0.3) is 10.8 Å². The molecule has 2 aromatic carbocycles. The van der Waals surface area contributed by atoms with Gasteiger partial charge in [0.25, 0.3) is 0 Å². The van der Waals surface area contributed by atoms with Crippen LogP contribution in [-0.2, 0) is 16.6 Å². The summed E-state index contributed by atoms with van der Waals surface area (Å²) >= 11 is 6.14. The highest BCUT2D eigenvalue weighted by Crippen LogP contribution is 2.57. The van der Waals surface area contributed by atoms with E-state index in [0.717, 1.165) is 30.7 Å². The Morgan fingerprint density at radius 3 is 2.77 bits per heavy atom. The van der Waals surface area contributed by atoms with Crippen LogP contribution in [0.3, 0.4) is 0 Å². The lowest BCUT2D eigenvalue weighted by Gasteiger charge is -2.40. The van der Waals surface area contributed by atoms with Crippen LogP contribution in [0, 0.1) is 5.92 Å². The van der Waals surface area contributed by atoms with Crippen molar-refractivity contribution in [2.45, 2.75) is 37.5 Å². The molecule has 0 radical (unpaired) electrons. The Balaban J connectivity index is 1.79. The van der Waals surface area contributed by atoms with Crippen molar-refractivity contribution in [3.63, 3.8) is 0 Å². The molecule has 0 heterocycles. The van der Waals surface area contributed by atoms with Crippen molar-refractivity contribution in [2.75, 3.05) is 0 Å². The van der Waals surface area contributed by atoms with Gasteiger partial charge in [0.05, 0.1) is 5.41 Å². The van der Waals surface area contributed by atoms with Crippen LogP contribution in [0.2, 0.25) is 5.02 Å². The summed E-state index contributed by atoms with van der Waals surface area (Å²) in [5.74, 6) is 0.972. The SMILES string of the molecule is O=C1CCc2cc3cc(Cl)ccc3cc2C12CC1=CCC2C1. The lowest BCUT2D eigenvalue weighted by Crippen LogP contribution is -2.43. The Kier molecular flexibility index (Phi) is 2.48. The molecule has 3 aliphatic carbocycles. The number of hydrogen-bond acceptors (Lipinski definition) is 1. The van der Waals surface area contributed by atoms with E-state index in [4.69, 9.17) is 11.6 Å². The summed E-state index contributed by atoms with van der Waals surface area (Å²) < 4.78 is 0. The van der Waals surface area contributed by atoms with Crippen molar-refractivity contribution in [3.05, 3.63) is 58.1 Å². The third kappa shape index (κ3) is 1.53. The number of carbonyl (C=O) groups is 1. The van der Waals surface area contributed by atoms with E-state index in [1.807, 2.05) is 12.1 Å². The van der Waals surface area contributed by atoms with E-state index in [-0.39, 0.29) is 5.41 Å². The molecule has 3 aliphatic rings. The van der Waals surface area contributed by atoms with Crippen molar-refractivity contribution in [2.24, 2.45) is 5.92 Å². The number of benzene rings is 2. The molecule has 2 bridgehead atoms. The predicted molar refractivity (Wildman–Crippen MR) is 89.4 cm³/mol. The predicted octanol–water partition coefficient (Wildman–Crippen LogP) is 4.99. The second-order valence-corrected chi connectivity index (χ2v) is 7.51. The maximum atomic E-state index is 12.9. The van der Waals surface area contributed by atoms with Gasteiger partial charge in [-0.25, -0.2) is 0 Å². The smallest absolute Gasteiger partial charge is 0.144 e. The van der Waals surface area contributed by atoms with E-state index >= 15 is 0 Å². The minimum Gasteiger partial charge on any atom is -0.299 e. The van der Waals surface area contributed by atoms with Gasteiger partial charge in [0.2, 0.25) is 0 Å². The van der Waals surface area contributed by atoms with E-state index < -0.39 is 0 Å². The van der Waals surface area contributed by atoms with Crippen LogP contribution in [0.1, 0.15) is 36.8 Å². The Morgan fingerprint density at radius 2 is 2.00 bits per heavy atom. The van der Waals surface area contributed by atoms with Gasteiger partial charge in [0.1, 0.15) is 5.78 Å². The minimum atomic E-state index is -0.217. The Hall–Kier alpha value is -1.60. The van der Waals surface area contributed by atoms with E-state index in [1.54, 1.807) is 0 Å². The van der Waals surface area contributed by atoms with Crippen LogP contribution >= 0.6 is 11.6 Å². The first-order chi connectivity index (χ1) is 10.7. The lowest BCUT2D eigenvalue weighted by atomic mass is 9.61. The van der Waals surface area contributed by atoms with Crippen LogP contribution in [0.15, 0.2) is 42.0 Å². The van der Waals surface area contributed by atoms with Gasteiger partial charge < -0.3 is 0 Å². The summed E-state index contributed by atoms with van der Waals surface area (Å²) in [5.41, 5.74) is 3.96. The Labute approximate surface area is 135 Å². The van der Waals surface area contributed by atoms with Gasteiger partial charge in [0, 0.05) is 11.4 Å². The molecular formula is C20H17ClO. The molecule has 2 aromatic rings. The molecule has 0 aromatic heterocycles. The van der Waals surface area contributed by atoms with Gasteiger partial charge in [0.15, 0.2) is 0 Å². The standard InChI is InChI=1S/C20H17ClO/c21-17-5-2-13-10-18-14(8-15(13)9-17)3-6-19(22)20(18)11-12-1-4-16(20)7-12/h1-2,5,8-10,16H,3-4,6-7,11H2. The van der Waals surface area contributed by atoms with Crippen molar-refractivity contribution >= 4 is 28.2 Å². The fraction of sp³-hybridized carbons (Fsp3) is 0.350. The minimum absolute atomic E-state index is 0.217. The number of fused-ring (bicyclic) bond motifs is 6. The third-order valence-corrected chi connectivity index (χ3v) is 6.26. The van der Waals surface area contributed by atoms with Crippen LogP contribution in [0.4, 0.5) is 0 Å². The number of aryl methyl sites for hydroxylation is 1. The number of ketones is 1. The monoisotopic (exact) mass is 308 g/mol. The highest BCUT2D eigenvalue weighted by molar-refractivity contribution is 6.31. The molecule has 1 saturated carbocycles. The summed E-state index contributed by atoms with van der Waals surface area (Å²) in [5, 5.41) is 3.17. The first-order valence-corrected chi connectivity index (χ1v) is 8.48. The second kappa shape index (κ2) is 4.23. The molecule has 110 valence electrons. The topological polar surface area (TPSA) is 17.1 Å². The molecule has 1 spiro atoms. The first kappa shape index (κ1) is 12.9. The molecule has 0 aliphatic heterocycles. The summed E-state index contributed by atoms with van der Waals surface area (Å²) in [4.78, 5) is 12.9. The zero-order chi connectivity index (χ0) is 14.9. The summed E-state index contributed by atoms with van der Waals surface area (Å²) in [7, 11) is 0. The normalized spacial score (nSPS) is 29.2. The van der Waals surface area contributed by atoms with Gasteiger partial charge in [-0.3, -0.25) is 4.79 Å². The summed E-state index contributed by atoms with van der Waals surface area (Å²) in [6.45, 7) is 0. The van der Waals surface area contributed by atoms with E-state index in [1.165, 1.54) is 27.5 Å². The number of halogens is 1. The molecule has 5 rings (SSSR count). The van der Waals surface area contributed by atoms with Crippen molar-refractivity contribution in [3.8, 4) is 0 Å². The molecule has 1 nitrogen and oxygen atoms in total. The summed E-state index contributed by atoms with van der Waals surface area (Å²) in [6, 6.07) is 10.6. The number of allylic oxidation sites excluding steroid dienone is 2. The van der Waals surface area contributed by atoms with E-state index in [2.05, 4.69) is 24.3 Å². The van der Waals surface area contributed by atoms with Crippen molar-refractivity contribution < 1.29 is 4.79 Å². The molecule has 0 N–H and O–H groups in total. The number of rotatable bonds is 0. The number of Topliss-reactive ketones (excluding diaryl/α,β-unsaturated/α-hetero) is 1. The van der Waals surface area contributed by atoms with Gasteiger partial charge in [-0.1, -0.05) is 35.4 Å². The quantitative estimate of drug-likeness (QED) is 0.627. The fourth-order valence-electron chi connectivity index (χ4n) is 5.02. The zero-order valence-electron chi connectivity index (χ0n) is 12.4. The molecule has 1 fully saturated rings. The Bertz CT molecular complexity index is 863. The maximum absolute atomic E-state index is 12.9. The van der Waals surface area contributed by atoms with E-state index in [0.29, 0.717) is 18.1 Å². The largest absolute Gasteiger partial charge is 0.299 e. The van der Waals surface area contributed by atoms with Crippen LogP contribution in [-0.4, -0.2) is 5.78 Å². The third-order valence-electron chi connectivity index (χ3n) is 6.03. The molecule has 0 amide bonds.